The number of carboxylic acids is 1. The van der Waals surface area contributed by atoms with E-state index in [-0.39, 0.29) is 23.8 Å². The van der Waals surface area contributed by atoms with Gasteiger partial charge in [-0.15, -0.1) is 0 Å². The van der Waals surface area contributed by atoms with Crippen LogP contribution in [0.25, 0.3) is 0 Å². The van der Waals surface area contributed by atoms with Crippen molar-refractivity contribution in [2.24, 2.45) is 17.8 Å². The lowest BCUT2D eigenvalue weighted by Gasteiger charge is -2.41. The lowest BCUT2D eigenvalue weighted by Crippen LogP contribution is -2.57. The van der Waals surface area contributed by atoms with Gasteiger partial charge in [-0.1, -0.05) is 6.92 Å². The maximum absolute atomic E-state index is 11.7. The van der Waals surface area contributed by atoms with Gasteiger partial charge in [-0.3, -0.25) is 9.59 Å². The summed E-state index contributed by atoms with van der Waals surface area (Å²) in [6, 6.07) is -0.195. The zero-order valence-corrected chi connectivity index (χ0v) is 11.6. The molecule has 3 N–H and O–H groups in total. The van der Waals surface area contributed by atoms with E-state index in [1.165, 1.54) is 0 Å². The molecule has 1 unspecified atom stereocenters. The van der Waals surface area contributed by atoms with Gasteiger partial charge in [0.15, 0.2) is 0 Å². The average Bonchev–Trinajstić information content (AvgIpc) is 3.16. The van der Waals surface area contributed by atoms with Crippen molar-refractivity contribution >= 4 is 17.9 Å². The number of likely N-dealkylation sites (tertiary alicyclic amines) is 1. The molecule has 2 aliphatic rings. The van der Waals surface area contributed by atoms with Crippen molar-refractivity contribution in [3.63, 3.8) is 0 Å². The van der Waals surface area contributed by atoms with Crippen molar-refractivity contribution < 1.29 is 19.5 Å². The van der Waals surface area contributed by atoms with Crippen LogP contribution in [-0.4, -0.2) is 54.1 Å². The summed E-state index contributed by atoms with van der Waals surface area (Å²) in [6.45, 7) is 3.45. The number of carbonyl (C=O) groups excluding carboxylic acids is 2. The molecule has 7 heteroatoms. The number of hydrogen-bond acceptors (Lipinski definition) is 3. The Labute approximate surface area is 117 Å². The fraction of sp³-hybridized carbons (Fsp3) is 0.769. The van der Waals surface area contributed by atoms with Crippen LogP contribution in [0.4, 0.5) is 4.79 Å². The molecule has 0 aromatic carbocycles. The molecule has 1 atom stereocenters. The SMILES string of the molecule is CC(C(=O)O)C1CN(C(=O)NCCNC(=O)C2CC2)C1. The summed E-state index contributed by atoms with van der Waals surface area (Å²) < 4.78 is 0. The lowest BCUT2D eigenvalue weighted by molar-refractivity contribution is -0.144. The molecule has 1 aliphatic heterocycles. The molecule has 1 saturated carbocycles. The lowest BCUT2D eigenvalue weighted by atomic mass is 9.87. The highest BCUT2D eigenvalue weighted by Crippen LogP contribution is 2.28. The fourth-order valence-corrected chi connectivity index (χ4v) is 2.15. The number of amides is 3. The first-order chi connectivity index (χ1) is 9.49. The Bertz CT molecular complexity index is 402. The molecule has 0 radical (unpaired) electrons. The Hall–Kier alpha value is -1.79. The normalized spacial score (nSPS) is 19.9. The van der Waals surface area contributed by atoms with Crippen LogP contribution in [0.1, 0.15) is 19.8 Å². The van der Waals surface area contributed by atoms with Gasteiger partial charge in [0, 0.05) is 38.0 Å². The summed E-state index contributed by atoms with van der Waals surface area (Å²) in [4.78, 5) is 35.4. The number of rotatable bonds is 6. The number of urea groups is 1. The van der Waals surface area contributed by atoms with E-state index in [0.29, 0.717) is 26.2 Å². The van der Waals surface area contributed by atoms with Crippen molar-refractivity contribution in [1.82, 2.24) is 15.5 Å². The van der Waals surface area contributed by atoms with Gasteiger partial charge < -0.3 is 20.6 Å². The quantitative estimate of drug-likeness (QED) is 0.592. The fourth-order valence-electron chi connectivity index (χ4n) is 2.15. The van der Waals surface area contributed by atoms with Crippen LogP contribution in [0, 0.1) is 17.8 Å². The minimum absolute atomic E-state index is 0.0350. The maximum Gasteiger partial charge on any atom is 0.317 e. The van der Waals surface area contributed by atoms with E-state index >= 15 is 0 Å². The average molecular weight is 283 g/mol. The van der Waals surface area contributed by atoms with Gasteiger partial charge in [0.2, 0.25) is 5.91 Å². The molecule has 0 spiro atoms. The van der Waals surface area contributed by atoms with E-state index in [2.05, 4.69) is 10.6 Å². The van der Waals surface area contributed by atoms with Crippen molar-refractivity contribution in [1.29, 1.82) is 0 Å². The van der Waals surface area contributed by atoms with E-state index in [0.717, 1.165) is 12.8 Å². The molecule has 1 aliphatic carbocycles. The topological polar surface area (TPSA) is 98.7 Å². The molecule has 3 amide bonds. The van der Waals surface area contributed by atoms with E-state index < -0.39 is 11.9 Å². The summed E-state index contributed by atoms with van der Waals surface area (Å²) in [7, 11) is 0. The van der Waals surface area contributed by atoms with Crippen molar-refractivity contribution in [3.05, 3.63) is 0 Å². The summed E-state index contributed by atoms with van der Waals surface area (Å²) >= 11 is 0. The Morgan fingerprint density at radius 3 is 2.35 bits per heavy atom. The van der Waals surface area contributed by atoms with Gasteiger partial charge in [0.05, 0.1) is 5.92 Å². The predicted molar refractivity (Wildman–Crippen MR) is 71.0 cm³/mol. The predicted octanol–water partition coefficient (Wildman–Crippen LogP) is -0.125. The highest BCUT2D eigenvalue weighted by molar-refractivity contribution is 5.81. The van der Waals surface area contributed by atoms with Crippen LogP contribution < -0.4 is 10.6 Å². The van der Waals surface area contributed by atoms with Gasteiger partial charge in [-0.2, -0.15) is 0 Å². The van der Waals surface area contributed by atoms with E-state index in [1.54, 1.807) is 11.8 Å². The van der Waals surface area contributed by atoms with Crippen LogP contribution in [-0.2, 0) is 9.59 Å². The molecule has 0 aromatic rings. The minimum Gasteiger partial charge on any atom is -0.481 e. The Balaban J connectivity index is 1.55. The van der Waals surface area contributed by atoms with Gasteiger partial charge >= 0.3 is 12.0 Å². The number of nitrogens with one attached hydrogen (secondary N) is 2. The van der Waals surface area contributed by atoms with Crippen molar-refractivity contribution in [2.75, 3.05) is 26.2 Å². The van der Waals surface area contributed by atoms with Crippen LogP contribution in [0.15, 0.2) is 0 Å². The van der Waals surface area contributed by atoms with Gasteiger partial charge in [-0.25, -0.2) is 4.79 Å². The van der Waals surface area contributed by atoms with Crippen LogP contribution in [0.5, 0.6) is 0 Å². The second-order valence-electron chi connectivity index (χ2n) is 5.59. The number of carbonyl (C=O) groups is 3. The summed E-state index contributed by atoms with van der Waals surface area (Å²) in [5.41, 5.74) is 0. The molecule has 20 heavy (non-hydrogen) atoms. The third kappa shape index (κ3) is 3.61. The molecular formula is C13H21N3O4. The maximum atomic E-state index is 11.7. The second-order valence-corrected chi connectivity index (χ2v) is 5.59. The molecular weight excluding hydrogens is 262 g/mol. The van der Waals surface area contributed by atoms with E-state index in [9.17, 15) is 14.4 Å². The Kier molecular flexibility index (Phi) is 4.46. The monoisotopic (exact) mass is 283 g/mol. The Morgan fingerprint density at radius 2 is 1.80 bits per heavy atom. The zero-order chi connectivity index (χ0) is 14.7. The summed E-state index contributed by atoms with van der Waals surface area (Å²) in [6.07, 6.45) is 1.93. The van der Waals surface area contributed by atoms with Crippen molar-refractivity contribution in [2.45, 2.75) is 19.8 Å². The third-order valence-corrected chi connectivity index (χ3v) is 3.94. The molecule has 2 fully saturated rings. The van der Waals surface area contributed by atoms with Gasteiger partial charge in [0.25, 0.3) is 0 Å². The minimum atomic E-state index is -0.821. The zero-order valence-electron chi connectivity index (χ0n) is 11.6. The van der Waals surface area contributed by atoms with Crippen molar-refractivity contribution in [3.8, 4) is 0 Å². The second kappa shape index (κ2) is 6.11. The van der Waals surface area contributed by atoms with Gasteiger partial charge in [0.1, 0.15) is 0 Å². The third-order valence-electron chi connectivity index (χ3n) is 3.94. The van der Waals surface area contributed by atoms with Crippen LogP contribution >= 0.6 is 0 Å². The molecule has 0 aromatic heterocycles. The molecule has 1 heterocycles. The number of nitrogens with zero attached hydrogens (tertiary/aromatic N) is 1. The first-order valence-corrected chi connectivity index (χ1v) is 7.02. The summed E-state index contributed by atoms with van der Waals surface area (Å²) in [5, 5.41) is 14.3. The molecule has 7 nitrogen and oxygen atoms in total. The standard InChI is InChI=1S/C13H21N3O4/c1-8(12(18)19)10-6-16(7-10)13(20)15-5-4-14-11(17)9-2-3-9/h8-10H,2-7H2,1H3,(H,14,17)(H,15,20)(H,18,19). The number of aliphatic carboxylic acids is 1. The first kappa shape index (κ1) is 14.6. The molecule has 0 bridgehead atoms. The number of carboxylic acid groups (broad SMARTS) is 1. The summed E-state index contributed by atoms with van der Waals surface area (Å²) in [5.74, 6) is -0.958. The molecule has 112 valence electrons. The highest BCUT2D eigenvalue weighted by atomic mass is 16.4. The van der Waals surface area contributed by atoms with E-state index in [1.807, 2.05) is 0 Å². The molecule has 2 rings (SSSR count). The van der Waals surface area contributed by atoms with Crippen LogP contribution in [0.2, 0.25) is 0 Å². The Morgan fingerprint density at radius 1 is 1.20 bits per heavy atom. The molecule has 1 saturated heterocycles. The number of hydrogen-bond donors (Lipinski definition) is 3. The van der Waals surface area contributed by atoms with Gasteiger partial charge in [-0.05, 0) is 12.8 Å². The van der Waals surface area contributed by atoms with E-state index in [4.69, 9.17) is 5.11 Å². The smallest absolute Gasteiger partial charge is 0.317 e. The first-order valence-electron chi connectivity index (χ1n) is 7.02. The van der Waals surface area contributed by atoms with Crippen LogP contribution in [0.3, 0.4) is 0 Å². The largest absolute Gasteiger partial charge is 0.481 e. The highest BCUT2D eigenvalue weighted by Gasteiger charge is 2.37.